The number of nitrogens with two attached hydrogens (primary N) is 1. The molecule has 0 aliphatic heterocycles. The van der Waals surface area contributed by atoms with Crippen LogP contribution in [0.3, 0.4) is 0 Å². The van der Waals surface area contributed by atoms with Gasteiger partial charge < -0.3 is 5.73 Å². The van der Waals surface area contributed by atoms with Crippen molar-refractivity contribution in [3.05, 3.63) is 29.8 Å². The van der Waals surface area contributed by atoms with Crippen molar-refractivity contribution in [3.63, 3.8) is 0 Å². The summed E-state index contributed by atoms with van der Waals surface area (Å²) >= 11 is 0. The Morgan fingerprint density at radius 2 is 1.94 bits per heavy atom. The molecule has 0 aromatic heterocycles. The highest BCUT2D eigenvalue weighted by Gasteiger charge is 2.24. The molecular formula is C13H17F2NOS. The predicted octanol–water partition coefficient (Wildman–Crippen LogP) is 2.59. The molecule has 2 atom stereocenters. The standard InChI is InChI=1S/C13H17F2NOS/c14-11-6-5-10(7-12(11)15)18(17)8-13(16)9-3-1-2-4-9/h5-7,9,13H,1-4,8,16H2. The van der Waals surface area contributed by atoms with Gasteiger partial charge in [-0.1, -0.05) is 12.8 Å². The Balaban J connectivity index is 2.00. The zero-order chi connectivity index (χ0) is 13.1. The molecule has 1 saturated carbocycles. The van der Waals surface area contributed by atoms with Crippen molar-refractivity contribution in [3.8, 4) is 0 Å². The third-order valence-electron chi connectivity index (χ3n) is 3.50. The maximum absolute atomic E-state index is 13.0. The fourth-order valence-electron chi connectivity index (χ4n) is 2.41. The van der Waals surface area contributed by atoms with Gasteiger partial charge in [-0.05, 0) is 37.0 Å². The maximum atomic E-state index is 13.0. The Bertz CT molecular complexity index is 447. The summed E-state index contributed by atoms with van der Waals surface area (Å²) in [5.74, 6) is -1.15. The lowest BCUT2D eigenvalue weighted by Crippen LogP contribution is -2.34. The first kappa shape index (κ1) is 13.6. The molecule has 0 bridgehead atoms. The van der Waals surface area contributed by atoms with Crippen molar-refractivity contribution in [2.24, 2.45) is 11.7 Å². The molecule has 2 rings (SSSR count). The lowest BCUT2D eigenvalue weighted by Gasteiger charge is -2.18. The van der Waals surface area contributed by atoms with Gasteiger partial charge in [-0.15, -0.1) is 0 Å². The van der Waals surface area contributed by atoms with Gasteiger partial charge in [0.1, 0.15) is 0 Å². The van der Waals surface area contributed by atoms with E-state index in [4.69, 9.17) is 5.73 Å². The quantitative estimate of drug-likeness (QED) is 0.916. The number of rotatable bonds is 4. The molecule has 0 saturated heterocycles. The van der Waals surface area contributed by atoms with E-state index in [1.54, 1.807) is 0 Å². The molecule has 18 heavy (non-hydrogen) atoms. The molecule has 1 fully saturated rings. The molecular weight excluding hydrogens is 256 g/mol. The summed E-state index contributed by atoms with van der Waals surface area (Å²) in [5, 5.41) is 0. The highest BCUT2D eigenvalue weighted by molar-refractivity contribution is 7.85. The van der Waals surface area contributed by atoms with Gasteiger partial charge in [-0.3, -0.25) is 4.21 Å². The fourth-order valence-corrected chi connectivity index (χ4v) is 3.68. The third kappa shape index (κ3) is 3.14. The van der Waals surface area contributed by atoms with E-state index >= 15 is 0 Å². The molecule has 0 radical (unpaired) electrons. The van der Waals surface area contributed by atoms with E-state index in [0.717, 1.165) is 25.0 Å². The fraction of sp³-hybridized carbons (Fsp3) is 0.538. The van der Waals surface area contributed by atoms with E-state index in [2.05, 4.69) is 0 Å². The van der Waals surface area contributed by atoms with Crippen molar-refractivity contribution in [1.82, 2.24) is 0 Å². The van der Waals surface area contributed by atoms with Gasteiger partial charge in [0.15, 0.2) is 11.6 Å². The first-order chi connectivity index (χ1) is 8.58. The van der Waals surface area contributed by atoms with Crippen molar-refractivity contribution < 1.29 is 13.0 Å². The first-order valence-corrected chi connectivity index (χ1v) is 7.49. The number of hydrogen-bond donors (Lipinski definition) is 1. The summed E-state index contributed by atoms with van der Waals surface area (Å²) < 4.78 is 37.8. The molecule has 1 aliphatic carbocycles. The molecule has 1 aromatic carbocycles. The van der Waals surface area contributed by atoms with Crippen LogP contribution < -0.4 is 5.73 Å². The van der Waals surface area contributed by atoms with E-state index in [-0.39, 0.29) is 6.04 Å². The van der Waals surface area contributed by atoms with Gasteiger partial charge in [0, 0.05) is 16.7 Å². The van der Waals surface area contributed by atoms with Gasteiger partial charge >= 0.3 is 0 Å². The molecule has 0 heterocycles. The summed E-state index contributed by atoms with van der Waals surface area (Å²) in [4.78, 5) is 0.308. The van der Waals surface area contributed by atoms with E-state index < -0.39 is 22.4 Å². The minimum Gasteiger partial charge on any atom is -0.327 e. The van der Waals surface area contributed by atoms with E-state index in [0.29, 0.717) is 16.6 Å². The van der Waals surface area contributed by atoms with Crippen molar-refractivity contribution in [2.75, 3.05) is 5.75 Å². The van der Waals surface area contributed by atoms with E-state index in [1.807, 2.05) is 0 Å². The molecule has 0 spiro atoms. The monoisotopic (exact) mass is 273 g/mol. The molecule has 0 amide bonds. The topological polar surface area (TPSA) is 43.1 Å². The van der Waals surface area contributed by atoms with E-state index in [1.165, 1.54) is 18.9 Å². The van der Waals surface area contributed by atoms with Crippen LogP contribution >= 0.6 is 0 Å². The zero-order valence-corrected chi connectivity index (χ0v) is 10.9. The van der Waals surface area contributed by atoms with Gasteiger partial charge in [0.2, 0.25) is 0 Å². The van der Waals surface area contributed by atoms with E-state index in [9.17, 15) is 13.0 Å². The molecule has 1 aromatic rings. The number of halogens is 2. The van der Waals surface area contributed by atoms with Gasteiger partial charge in [0.05, 0.1) is 10.8 Å². The minimum atomic E-state index is -1.36. The summed E-state index contributed by atoms with van der Waals surface area (Å²) in [7, 11) is -1.36. The number of benzene rings is 1. The largest absolute Gasteiger partial charge is 0.327 e. The Morgan fingerprint density at radius 1 is 1.28 bits per heavy atom. The second kappa shape index (κ2) is 5.89. The number of hydrogen-bond acceptors (Lipinski definition) is 2. The minimum absolute atomic E-state index is 0.124. The zero-order valence-electron chi connectivity index (χ0n) is 10.1. The molecule has 2 unspecified atom stereocenters. The van der Waals surface area contributed by atoms with Crippen molar-refractivity contribution in [1.29, 1.82) is 0 Å². The van der Waals surface area contributed by atoms with Crippen LogP contribution in [0.2, 0.25) is 0 Å². The maximum Gasteiger partial charge on any atom is 0.160 e. The van der Waals surface area contributed by atoms with Crippen LogP contribution in [0.15, 0.2) is 23.1 Å². The van der Waals surface area contributed by atoms with Crippen LogP contribution in [-0.2, 0) is 10.8 Å². The highest BCUT2D eigenvalue weighted by atomic mass is 32.2. The van der Waals surface area contributed by atoms with Crippen LogP contribution in [0, 0.1) is 17.6 Å². The van der Waals surface area contributed by atoms with Crippen LogP contribution in [-0.4, -0.2) is 16.0 Å². The SMILES string of the molecule is NC(CS(=O)c1ccc(F)c(F)c1)C1CCCC1. The van der Waals surface area contributed by atoms with Crippen molar-refractivity contribution in [2.45, 2.75) is 36.6 Å². The predicted molar refractivity (Wildman–Crippen MR) is 67.6 cm³/mol. The molecule has 1 aliphatic rings. The summed E-state index contributed by atoms with van der Waals surface area (Å²) in [6.45, 7) is 0. The second-order valence-corrected chi connectivity index (χ2v) is 6.29. The van der Waals surface area contributed by atoms with Gasteiger partial charge in [-0.2, -0.15) is 0 Å². The third-order valence-corrected chi connectivity index (χ3v) is 4.97. The Morgan fingerprint density at radius 3 is 2.56 bits per heavy atom. The first-order valence-electron chi connectivity index (χ1n) is 6.17. The molecule has 100 valence electrons. The molecule has 2 N–H and O–H groups in total. The van der Waals surface area contributed by atoms with Crippen LogP contribution in [0.4, 0.5) is 8.78 Å². The second-order valence-electron chi connectivity index (χ2n) is 4.80. The van der Waals surface area contributed by atoms with Crippen molar-refractivity contribution >= 4 is 10.8 Å². The highest BCUT2D eigenvalue weighted by Crippen LogP contribution is 2.27. The van der Waals surface area contributed by atoms with Gasteiger partial charge in [-0.25, -0.2) is 8.78 Å². The molecule has 2 nitrogen and oxygen atoms in total. The summed E-state index contributed by atoms with van der Waals surface area (Å²) in [5.41, 5.74) is 6.02. The Kier molecular flexibility index (Phi) is 4.45. The normalized spacial score (nSPS) is 19.9. The van der Waals surface area contributed by atoms with Crippen LogP contribution in [0.25, 0.3) is 0 Å². The van der Waals surface area contributed by atoms with Gasteiger partial charge in [0.25, 0.3) is 0 Å². The Labute approximate surface area is 108 Å². The lowest BCUT2D eigenvalue weighted by molar-refractivity contribution is 0.460. The average Bonchev–Trinajstić information content (AvgIpc) is 2.86. The molecule has 5 heteroatoms. The summed E-state index contributed by atoms with van der Waals surface area (Å²) in [6.07, 6.45) is 4.51. The van der Waals surface area contributed by atoms with Crippen LogP contribution in [0.1, 0.15) is 25.7 Å². The Hall–Kier alpha value is -0.810. The average molecular weight is 273 g/mol. The summed E-state index contributed by atoms with van der Waals surface area (Å²) in [6, 6.07) is 3.23. The smallest absolute Gasteiger partial charge is 0.160 e. The van der Waals surface area contributed by atoms with Crippen LogP contribution in [0.5, 0.6) is 0 Å². The lowest BCUT2D eigenvalue weighted by atomic mass is 10.0.